The number of carbonyl (C=O) groups excluding carboxylic acids is 1. The lowest BCUT2D eigenvalue weighted by molar-refractivity contribution is -0.144. The standard InChI is InChI=1S/C15H18O3/c1-12(16)18-15-9-7-14(8-10-15)17-11-13-5-3-2-4-6-13/h2-7,9,14-15H,8,10-11H2,1H3/t14-,15-/m0/s1. The fraction of sp³-hybridized carbons (Fsp3) is 0.400. The zero-order chi connectivity index (χ0) is 12.8. The number of carbonyl (C=O) groups is 1. The summed E-state index contributed by atoms with van der Waals surface area (Å²) in [5.41, 5.74) is 1.17. The summed E-state index contributed by atoms with van der Waals surface area (Å²) in [6, 6.07) is 10.1. The first-order valence-corrected chi connectivity index (χ1v) is 6.25. The molecule has 3 nitrogen and oxygen atoms in total. The maximum absolute atomic E-state index is 10.8. The maximum Gasteiger partial charge on any atom is 0.303 e. The Kier molecular flexibility index (Phi) is 4.53. The van der Waals surface area contributed by atoms with Crippen LogP contribution in [0.2, 0.25) is 0 Å². The van der Waals surface area contributed by atoms with Gasteiger partial charge in [0, 0.05) is 6.92 Å². The molecule has 0 saturated heterocycles. The zero-order valence-corrected chi connectivity index (χ0v) is 10.5. The summed E-state index contributed by atoms with van der Waals surface area (Å²) in [6.07, 6.45) is 5.66. The SMILES string of the molecule is CC(=O)O[C@H]1C=C[C@H](OCc2ccccc2)CC1. The van der Waals surface area contributed by atoms with Gasteiger partial charge in [0.2, 0.25) is 0 Å². The molecule has 0 N–H and O–H groups in total. The number of benzene rings is 1. The first-order chi connectivity index (χ1) is 8.74. The van der Waals surface area contributed by atoms with Crippen molar-refractivity contribution >= 4 is 5.97 Å². The third kappa shape index (κ3) is 4.00. The van der Waals surface area contributed by atoms with Crippen LogP contribution in [0, 0.1) is 0 Å². The summed E-state index contributed by atoms with van der Waals surface area (Å²) >= 11 is 0. The van der Waals surface area contributed by atoms with Crippen LogP contribution in [0.15, 0.2) is 42.5 Å². The Bertz CT molecular complexity index is 411. The molecule has 2 atom stereocenters. The van der Waals surface area contributed by atoms with E-state index in [2.05, 4.69) is 0 Å². The minimum atomic E-state index is -0.228. The number of ether oxygens (including phenoxy) is 2. The molecular formula is C15H18O3. The van der Waals surface area contributed by atoms with Gasteiger partial charge in [-0.15, -0.1) is 0 Å². The van der Waals surface area contributed by atoms with Gasteiger partial charge >= 0.3 is 5.97 Å². The summed E-state index contributed by atoms with van der Waals surface area (Å²) in [5, 5.41) is 0. The van der Waals surface area contributed by atoms with Crippen molar-refractivity contribution in [3.8, 4) is 0 Å². The van der Waals surface area contributed by atoms with Crippen LogP contribution in [-0.2, 0) is 20.9 Å². The molecular weight excluding hydrogens is 228 g/mol. The molecule has 1 aliphatic rings. The van der Waals surface area contributed by atoms with Gasteiger partial charge in [-0.1, -0.05) is 36.4 Å². The smallest absolute Gasteiger partial charge is 0.303 e. The van der Waals surface area contributed by atoms with Gasteiger partial charge in [0.05, 0.1) is 12.7 Å². The first kappa shape index (κ1) is 12.8. The van der Waals surface area contributed by atoms with E-state index in [-0.39, 0.29) is 18.2 Å². The highest BCUT2D eigenvalue weighted by Crippen LogP contribution is 2.18. The lowest BCUT2D eigenvalue weighted by Gasteiger charge is -2.22. The molecule has 96 valence electrons. The predicted molar refractivity (Wildman–Crippen MR) is 68.9 cm³/mol. The summed E-state index contributed by atoms with van der Waals surface area (Å²) < 4.78 is 10.9. The molecule has 2 rings (SSSR count). The average Bonchev–Trinajstić information content (AvgIpc) is 2.38. The van der Waals surface area contributed by atoms with E-state index < -0.39 is 0 Å². The van der Waals surface area contributed by atoms with Crippen LogP contribution >= 0.6 is 0 Å². The van der Waals surface area contributed by atoms with E-state index in [1.165, 1.54) is 12.5 Å². The lowest BCUT2D eigenvalue weighted by Crippen LogP contribution is -2.22. The highest BCUT2D eigenvalue weighted by Gasteiger charge is 2.17. The minimum Gasteiger partial charge on any atom is -0.458 e. The second-order valence-electron chi connectivity index (χ2n) is 4.45. The second-order valence-corrected chi connectivity index (χ2v) is 4.45. The fourth-order valence-electron chi connectivity index (χ4n) is 2.00. The highest BCUT2D eigenvalue weighted by atomic mass is 16.5. The molecule has 0 unspecified atom stereocenters. The molecule has 3 heteroatoms. The molecule has 18 heavy (non-hydrogen) atoms. The van der Waals surface area contributed by atoms with E-state index in [4.69, 9.17) is 9.47 Å². The van der Waals surface area contributed by atoms with Crippen LogP contribution in [0.4, 0.5) is 0 Å². The number of hydrogen-bond donors (Lipinski definition) is 0. The van der Waals surface area contributed by atoms with E-state index in [0.717, 1.165) is 12.8 Å². The van der Waals surface area contributed by atoms with Crippen molar-refractivity contribution in [2.24, 2.45) is 0 Å². The fourth-order valence-corrected chi connectivity index (χ4v) is 2.00. The van der Waals surface area contributed by atoms with Crippen molar-refractivity contribution in [3.63, 3.8) is 0 Å². The van der Waals surface area contributed by atoms with Crippen molar-refractivity contribution < 1.29 is 14.3 Å². The molecule has 1 aliphatic carbocycles. The molecule has 0 radical (unpaired) electrons. The molecule has 1 aromatic rings. The van der Waals surface area contributed by atoms with Gasteiger partial charge in [0.1, 0.15) is 6.10 Å². The minimum absolute atomic E-state index is 0.0842. The lowest BCUT2D eigenvalue weighted by atomic mass is 10.0. The van der Waals surface area contributed by atoms with Crippen LogP contribution < -0.4 is 0 Å². The number of esters is 1. The third-order valence-electron chi connectivity index (χ3n) is 2.90. The number of rotatable bonds is 4. The highest BCUT2D eigenvalue weighted by molar-refractivity contribution is 5.66. The van der Waals surface area contributed by atoms with Crippen molar-refractivity contribution in [3.05, 3.63) is 48.0 Å². The topological polar surface area (TPSA) is 35.5 Å². The van der Waals surface area contributed by atoms with Crippen LogP contribution in [-0.4, -0.2) is 18.2 Å². The van der Waals surface area contributed by atoms with Crippen molar-refractivity contribution in [1.29, 1.82) is 0 Å². The Labute approximate surface area is 107 Å². The molecule has 0 fully saturated rings. The normalized spacial score (nSPS) is 22.7. The molecule has 0 aliphatic heterocycles. The molecule has 0 spiro atoms. The molecule has 0 bridgehead atoms. The molecule has 0 saturated carbocycles. The van der Waals surface area contributed by atoms with Gasteiger partial charge in [-0.25, -0.2) is 0 Å². The molecule has 0 heterocycles. The summed E-state index contributed by atoms with van der Waals surface area (Å²) in [5.74, 6) is -0.228. The summed E-state index contributed by atoms with van der Waals surface area (Å²) in [7, 11) is 0. The Morgan fingerprint density at radius 1 is 1.17 bits per heavy atom. The summed E-state index contributed by atoms with van der Waals surface area (Å²) in [4.78, 5) is 10.8. The van der Waals surface area contributed by atoms with E-state index in [0.29, 0.717) is 6.61 Å². The monoisotopic (exact) mass is 246 g/mol. The molecule has 1 aromatic carbocycles. The largest absolute Gasteiger partial charge is 0.458 e. The van der Waals surface area contributed by atoms with Crippen LogP contribution in [0.25, 0.3) is 0 Å². The summed E-state index contributed by atoms with van der Waals surface area (Å²) in [6.45, 7) is 2.06. The van der Waals surface area contributed by atoms with E-state index in [1.807, 2.05) is 42.5 Å². The van der Waals surface area contributed by atoms with Crippen molar-refractivity contribution in [2.75, 3.05) is 0 Å². The van der Waals surface area contributed by atoms with E-state index in [1.54, 1.807) is 0 Å². The van der Waals surface area contributed by atoms with Gasteiger partial charge in [-0.2, -0.15) is 0 Å². The Balaban J connectivity index is 1.77. The van der Waals surface area contributed by atoms with Gasteiger partial charge in [-0.05, 0) is 24.5 Å². The molecule has 0 aromatic heterocycles. The third-order valence-corrected chi connectivity index (χ3v) is 2.90. The van der Waals surface area contributed by atoms with Gasteiger partial charge < -0.3 is 9.47 Å². The van der Waals surface area contributed by atoms with E-state index in [9.17, 15) is 4.79 Å². The van der Waals surface area contributed by atoms with Crippen LogP contribution in [0.1, 0.15) is 25.3 Å². The Hall–Kier alpha value is -1.61. The first-order valence-electron chi connectivity index (χ1n) is 6.25. The Morgan fingerprint density at radius 3 is 2.44 bits per heavy atom. The van der Waals surface area contributed by atoms with E-state index >= 15 is 0 Å². The Morgan fingerprint density at radius 2 is 1.83 bits per heavy atom. The quantitative estimate of drug-likeness (QED) is 0.605. The predicted octanol–water partition coefficient (Wildman–Crippen LogP) is 2.85. The van der Waals surface area contributed by atoms with Crippen molar-refractivity contribution in [1.82, 2.24) is 0 Å². The molecule has 0 amide bonds. The average molecular weight is 246 g/mol. The van der Waals surface area contributed by atoms with Gasteiger partial charge in [-0.3, -0.25) is 4.79 Å². The van der Waals surface area contributed by atoms with Gasteiger partial charge in [0.15, 0.2) is 0 Å². The van der Waals surface area contributed by atoms with Gasteiger partial charge in [0.25, 0.3) is 0 Å². The number of hydrogen-bond acceptors (Lipinski definition) is 3. The van der Waals surface area contributed by atoms with Crippen molar-refractivity contribution in [2.45, 2.75) is 38.6 Å². The second kappa shape index (κ2) is 6.36. The van der Waals surface area contributed by atoms with Crippen LogP contribution in [0.3, 0.4) is 0 Å². The maximum atomic E-state index is 10.8. The van der Waals surface area contributed by atoms with Crippen LogP contribution in [0.5, 0.6) is 0 Å². The zero-order valence-electron chi connectivity index (χ0n) is 10.5.